The lowest BCUT2D eigenvalue weighted by Gasteiger charge is -1.92. The van der Waals surface area contributed by atoms with Crippen molar-refractivity contribution in [2.24, 2.45) is 0 Å². The number of ketones is 1. The highest BCUT2D eigenvalue weighted by Gasteiger charge is 2.17. The maximum atomic E-state index is 12.2. The minimum Gasteiger partial charge on any atom is -0.294 e. The summed E-state index contributed by atoms with van der Waals surface area (Å²) in [4.78, 5) is 28.0. The first-order valence-corrected chi connectivity index (χ1v) is 6.58. The second-order valence-electron chi connectivity index (χ2n) is 4.27. The molecule has 0 aliphatic rings. The standard InChI is InChI=1S/C13H11N3O2S/c1-7-11(8(2)17)12(18)16(15-7)13-14-9-5-3-4-6-10(9)19-13/h3-6,15H,1-2H3. The number of carbonyl (C=O) groups excluding carboxylic acids is 1. The molecule has 0 unspecified atom stereocenters. The minimum absolute atomic E-state index is 0.194. The first kappa shape index (κ1) is 11.9. The Hall–Kier alpha value is -2.21. The van der Waals surface area contributed by atoms with E-state index in [9.17, 15) is 9.59 Å². The zero-order valence-corrected chi connectivity index (χ0v) is 11.2. The van der Waals surface area contributed by atoms with Crippen LogP contribution in [0.2, 0.25) is 0 Å². The summed E-state index contributed by atoms with van der Waals surface area (Å²) in [5.74, 6) is -0.237. The topological polar surface area (TPSA) is 67.8 Å². The van der Waals surface area contributed by atoms with Crippen molar-refractivity contribution in [3.8, 4) is 5.13 Å². The molecule has 0 amide bonds. The number of hydrogen-bond donors (Lipinski definition) is 1. The molecule has 0 spiro atoms. The van der Waals surface area contributed by atoms with E-state index < -0.39 is 0 Å². The summed E-state index contributed by atoms with van der Waals surface area (Å²) in [6, 6.07) is 7.66. The lowest BCUT2D eigenvalue weighted by molar-refractivity contribution is 0.101. The van der Waals surface area contributed by atoms with Gasteiger partial charge in [0.15, 0.2) is 5.78 Å². The highest BCUT2D eigenvalue weighted by atomic mass is 32.1. The minimum atomic E-state index is -0.343. The van der Waals surface area contributed by atoms with Crippen LogP contribution in [0.1, 0.15) is 23.0 Å². The van der Waals surface area contributed by atoms with E-state index in [1.807, 2.05) is 24.3 Å². The van der Waals surface area contributed by atoms with E-state index in [2.05, 4.69) is 10.1 Å². The summed E-state index contributed by atoms with van der Waals surface area (Å²) in [5, 5.41) is 3.45. The number of nitrogens with zero attached hydrogens (tertiary/aromatic N) is 2. The van der Waals surface area contributed by atoms with Gasteiger partial charge in [0.1, 0.15) is 5.56 Å². The van der Waals surface area contributed by atoms with Crippen molar-refractivity contribution in [2.45, 2.75) is 13.8 Å². The van der Waals surface area contributed by atoms with Gasteiger partial charge in [0.25, 0.3) is 5.56 Å². The average Bonchev–Trinajstić information content (AvgIpc) is 2.89. The van der Waals surface area contributed by atoms with Gasteiger partial charge in [0.05, 0.1) is 10.2 Å². The second-order valence-corrected chi connectivity index (χ2v) is 5.28. The fraction of sp³-hybridized carbons (Fsp3) is 0.154. The third kappa shape index (κ3) is 1.80. The van der Waals surface area contributed by atoms with Gasteiger partial charge in [-0.2, -0.15) is 4.68 Å². The van der Waals surface area contributed by atoms with Crippen LogP contribution in [-0.4, -0.2) is 20.5 Å². The highest BCUT2D eigenvalue weighted by molar-refractivity contribution is 7.20. The summed E-state index contributed by atoms with van der Waals surface area (Å²) < 4.78 is 2.33. The Morgan fingerprint density at radius 2 is 2.11 bits per heavy atom. The summed E-state index contributed by atoms with van der Waals surface area (Å²) in [7, 11) is 0. The SMILES string of the molecule is CC(=O)c1c(C)[nH]n(-c2nc3ccccc3s2)c1=O. The molecule has 19 heavy (non-hydrogen) atoms. The van der Waals surface area contributed by atoms with E-state index in [4.69, 9.17) is 0 Å². The summed E-state index contributed by atoms with van der Waals surface area (Å²) in [6.07, 6.45) is 0. The van der Waals surface area contributed by atoms with Gasteiger partial charge in [-0.1, -0.05) is 23.5 Å². The van der Waals surface area contributed by atoms with Crippen LogP contribution < -0.4 is 5.56 Å². The fourth-order valence-electron chi connectivity index (χ4n) is 2.05. The zero-order chi connectivity index (χ0) is 13.6. The van der Waals surface area contributed by atoms with E-state index in [0.29, 0.717) is 10.8 Å². The second kappa shape index (κ2) is 4.17. The molecule has 0 saturated heterocycles. The maximum absolute atomic E-state index is 12.2. The molecule has 0 fully saturated rings. The molecule has 5 nitrogen and oxygen atoms in total. The first-order valence-electron chi connectivity index (χ1n) is 5.76. The Morgan fingerprint density at radius 1 is 1.37 bits per heavy atom. The molecule has 6 heteroatoms. The smallest absolute Gasteiger partial charge is 0.284 e. The van der Waals surface area contributed by atoms with Crippen LogP contribution in [0.3, 0.4) is 0 Å². The monoisotopic (exact) mass is 273 g/mol. The van der Waals surface area contributed by atoms with Crippen LogP contribution in [0.25, 0.3) is 15.3 Å². The molecule has 0 radical (unpaired) electrons. The number of nitrogens with one attached hydrogen (secondary N) is 1. The molecule has 0 saturated carbocycles. The molecule has 96 valence electrons. The van der Waals surface area contributed by atoms with Gasteiger partial charge in [-0.25, -0.2) is 4.98 Å². The van der Waals surface area contributed by atoms with E-state index in [1.54, 1.807) is 6.92 Å². The maximum Gasteiger partial charge on any atom is 0.284 e. The first-order chi connectivity index (χ1) is 9.08. The van der Waals surface area contributed by atoms with E-state index in [1.165, 1.54) is 22.9 Å². The molecule has 3 rings (SSSR count). The van der Waals surface area contributed by atoms with Crippen LogP contribution >= 0.6 is 11.3 Å². The Morgan fingerprint density at radius 3 is 2.74 bits per heavy atom. The molecular weight excluding hydrogens is 262 g/mol. The number of carbonyl (C=O) groups is 1. The normalized spacial score (nSPS) is 11.1. The van der Waals surface area contributed by atoms with Crippen molar-refractivity contribution in [3.63, 3.8) is 0 Å². The average molecular weight is 273 g/mol. The molecule has 3 aromatic rings. The number of thiazole rings is 1. The Bertz CT molecular complexity index is 808. The number of hydrogen-bond acceptors (Lipinski definition) is 4. The Labute approximate surface area is 112 Å². The largest absolute Gasteiger partial charge is 0.294 e. The molecule has 1 N–H and O–H groups in total. The predicted octanol–water partition coefficient (Wildman–Crippen LogP) is 2.29. The number of fused-ring (bicyclic) bond motifs is 1. The lowest BCUT2D eigenvalue weighted by atomic mass is 10.2. The number of Topliss-reactive ketones (excluding diaryl/α,β-unsaturated/α-hetero) is 1. The zero-order valence-electron chi connectivity index (χ0n) is 10.4. The predicted molar refractivity (Wildman–Crippen MR) is 74.3 cm³/mol. The van der Waals surface area contributed by atoms with Gasteiger partial charge >= 0.3 is 0 Å². The summed E-state index contributed by atoms with van der Waals surface area (Å²) in [6.45, 7) is 3.10. The third-order valence-corrected chi connectivity index (χ3v) is 3.92. The van der Waals surface area contributed by atoms with E-state index in [-0.39, 0.29) is 16.9 Å². The Balaban J connectivity index is 2.25. The van der Waals surface area contributed by atoms with Gasteiger partial charge in [0.2, 0.25) is 5.13 Å². The van der Waals surface area contributed by atoms with Crippen LogP contribution in [0.5, 0.6) is 0 Å². The van der Waals surface area contributed by atoms with Gasteiger partial charge < -0.3 is 0 Å². The van der Waals surface area contributed by atoms with Crippen LogP contribution in [0, 0.1) is 6.92 Å². The van der Waals surface area contributed by atoms with Gasteiger partial charge in [-0.05, 0) is 26.0 Å². The van der Waals surface area contributed by atoms with Crippen LogP contribution in [0.15, 0.2) is 29.1 Å². The Kier molecular flexibility index (Phi) is 2.60. The lowest BCUT2D eigenvalue weighted by Crippen LogP contribution is -2.19. The van der Waals surface area contributed by atoms with Gasteiger partial charge in [-0.15, -0.1) is 0 Å². The van der Waals surface area contributed by atoms with Crippen molar-refractivity contribution in [1.29, 1.82) is 0 Å². The molecule has 0 bridgehead atoms. The summed E-state index contributed by atoms with van der Waals surface area (Å²) in [5.41, 5.74) is 1.26. The van der Waals surface area contributed by atoms with Crippen molar-refractivity contribution in [1.82, 2.24) is 14.8 Å². The quantitative estimate of drug-likeness (QED) is 0.728. The molecule has 1 aromatic carbocycles. The van der Waals surface area contributed by atoms with Crippen LogP contribution in [-0.2, 0) is 0 Å². The highest BCUT2D eigenvalue weighted by Crippen LogP contribution is 2.23. The molecule has 2 heterocycles. The van der Waals surface area contributed by atoms with Gasteiger partial charge in [0, 0.05) is 5.69 Å². The van der Waals surface area contributed by atoms with E-state index >= 15 is 0 Å². The molecule has 0 aliphatic heterocycles. The summed E-state index contributed by atoms with van der Waals surface area (Å²) >= 11 is 1.41. The number of para-hydroxylation sites is 1. The van der Waals surface area contributed by atoms with Crippen LogP contribution in [0.4, 0.5) is 0 Å². The van der Waals surface area contributed by atoms with Crippen molar-refractivity contribution < 1.29 is 4.79 Å². The van der Waals surface area contributed by atoms with Crippen molar-refractivity contribution >= 4 is 27.3 Å². The molecule has 0 aliphatic carbocycles. The molecular formula is C13H11N3O2S. The van der Waals surface area contributed by atoms with Crippen molar-refractivity contribution in [3.05, 3.63) is 45.9 Å². The molecule has 2 aromatic heterocycles. The fourth-order valence-corrected chi connectivity index (χ4v) is 2.98. The number of aryl methyl sites for hydroxylation is 1. The third-order valence-electron chi connectivity index (χ3n) is 2.90. The number of benzene rings is 1. The molecule has 0 atom stereocenters. The number of rotatable bonds is 2. The number of H-pyrrole nitrogens is 1. The van der Waals surface area contributed by atoms with E-state index in [0.717, 1.165) is 10.2 Å². The van der Waals surface area contributed by atoms with Crippen molar-refractivity contribution in [2.75, 3.05) is 0 Å². The number of aromatic nitrogens is 3. The van der Waals surface area contributed by atoms with Gasteiger partial charge in [-0.3, -0.25) is 14.7 Å². The number of aromatic amines is 1.